The summed E-state index contributed by atoms with van der Waals surface area (Å²) in [7, 11) is 0.525. The van der Waals surface area contributed by atoms with Gasteiger partial charge in [-0.1, -0.05) is 58.4 Å². The molecule has 0 radical (unpaired) electrons. The van der Waals surface area contributed by atoms with Crippen molar-refractivity contribution in [3.63, 3.8) is 0 Å². The van der Waals surface area contributed by atoms with Crippen molar-refractivity contribution in [2.75, 3.05) is 38.4 Å². The zero-order chi connectivity index (χ0) is 28.6. The van der Waals surface area contributed by atoms with Gasteiger partial charge in [0, 0.05) is 30.6 Å². The number of nitrogens with one attached hydrogen (secondary N) is 1. The van der Waals surface area contributed by atoms with Crippen LogP contribution in [0.3, 0.4) is 0 Å². The Kier molecular flexibility index (Phi) is 10.4. The fourth-order valence-corrected chi connectivity index (χ4v) is 5.21. The molecule has 9 nitrogen and oxygen atoms in total. The predicted octanol–water partition coefficient (Wildman–Crippen LogP) is 3.62. The van der Waals surface area contributed by atoms with Gasteiger partial charge in [0.25, 0.3) is 0 Å². The van der Waals surface area contributed by atoms with E-state index in [-0.39, 0.29) is 24.6 Å². The molecule has 0 spiro atoms. The van der Waals surface area contributed by atoms with Gasteiger partial charge in [0.2, 0.25) is 21.8 Å². The van der Waals surface area contributed by atoms with Crippen molar-refractivity contribution in [3.05, 3.63) is 88.4 Å². The molecule has 0 unspecified atom stereocenters. The van der Waals surface area contributed by atoms with E-state index in [1.165, 1.54) is 38.3 Å². The number of halogens is 1. The molecule has 0 aliphatic rings. The normalized spacial score (nSPS) is 11.8. The maximum Gasteiger partial charge on any atom is 0.244 e. The van der Waals surface area contributed by atoms with Crippen molar-refractivity contribution in [2.24, 2.45) is 0 Å². The van der Waals surface area contributed by atoms with Gasteiger partial charge in [-0.25, -0.2) is 8.42 Å². The molecular formula is C28H32BrN3O6S. The fraction of sp³-hybridized carbons (Fsp3) is 0.286. The van der Waals surface area contributed by atoms with Crippen molar-refractivity contribution < 1.29 is 27.5 Å². The lowest BCUT2D eigenvalue weighted by Gasteiger charge is -2.33. The third-order valence-electron chi connectivity index (χ3n) is 6.12. The molecule has 0 heterocycles. The lowest BCUT2D eigenvalue weighted by Crippen LogP contribution is -2.52. The number of methoxy groups -OCH3 is 2. The average molecular weight is 619 g/mol. The molecule has 0 bridgehead atoms. The summed E-state index contributed by atoms with van der Waals surface area (Å²) in [5.74, 6) is -0.167. The highest BCUT2D eigenvalue weighted by atomic mass is 79.9. The molecule has 2 amide bonds. The number of likely N-dealkylation sites (N-methyl/N-ethyl adjacent to an activating group) is 1. The molecule has 39 heavy (non-hydrogen) atoms. The Morgan fingerprint density at radius 2 is 1.56 bits per heavy atom. The van der Waals surface area contributed by atoms with Crippen molar-refractivity contribution in [2.45, 2.75) is 19.0 Å². The van der Waals surface area contributed by atoms with Gasteiger partial charge in [-0.3, -0.25) is 13.9 Å². The van der Waals surface area contributed by atoms with E-state index in [1.807, 2.05) is 54.6 Å². The van der Waals surface area contributed by atoms with Crippen molar-refractivity contribution in [1.82, 2.24) is 10.2 Å². The fourth-order valence-electron chi connectivity index (χ4n) is 4.10. The van der Waals surface area contributed by atoms with E-state index in [4.69, 9.17) is 9.47 Å². The second-order valence-electron chi connectivity index (χ2n) is 8.78. The number of hydrogen-bond acceptors (Lipinski definition) is 6. The Labute approximate surface area is 237 Å². The van der Waals surface area contributed by atoms with Crippen LogP contribution in [0, 0.1) is 0 Å². The summed E-state index contributed by atoms with van der Waals surface area (Å²) < 4.78 is 38.2. The third-order valence-corrected chi connectivity index (χ3v) is 7.79. The number of sulfonamides is 1. The summed E-state index contributed by atoms with van der Waals surface area (Å²) in [6.07, 6.45) is 1.27. The summed E-state index contributed by atoms with van der Waals surface area (Å²) in [6.45, 7) is -0.423. The van der Waals surface area contributed by atoms with Gasteiger partial charge in [0.05, 0.1) is 26.2 Å². The monoisotopic (exact) mass is 617 g/mol. The Hall–Kier alpha value is -3.57. The first-order valence-corrected chi connectivity index (χ1v) is 14.7. The molecule has 0 aliphatic carbocycles. The van der Waals surface area contributed by atoms with E-state index in [1.54, 1.807) is 6.07 Å². The Bertz CT molecular complexity index is 1380. The number of anilines is 1. The van der Waals surface area contributed by atoms with Crippen LogP contribution in [-0.4, -0.2) is 65.2 Å². The number of ether oxygens (including phenoxy) is 2. The van der Waals surface area contributed by atoms with E-state index in [0.717, 1.165) is 26.2 Å². The first-order valence-electron chi connectivity index (χ1n) is 12.1. The molecule has 1 N–H and O–H groups in total. The predicted molar refractivity (Wildman–Crippen MR) is 154 cm³/mol. The lowest BCUT2D eigenvalue weighted by molar-refractivity contribution is -0.139. The number of carbonyl (C=O) groups is 2. The number of carbonyl (C=O) groups excluding carboxylic acids is 2. The molecule has 0 aliphatic heterocycles. The third kappa shape index (κ3) is 7.96. The van der Waals surface area contributed by atoms with E-state index in [9.17, 15) is 18.0 Å². The average Bonchev–Trinajstić information content (AvgIpc) is 2.93. The van der Waals surface area contributed by atoms with E-state index in [0.29, 0.717) is 11.5 Å². The Morgan fingerprint density at radius 3 is 2.13 bits per heavy atom. The second-order valence-corrected chi connectivity index (χ2v) is 11.6. The van der Waals surface area contributed by atoms with Gasteiger partial charge < -0.3 is 19.7 Å². The van der Waals surface area contributed by atoms with Crippen molar-refractivity contribution in [1.29, 1.82) is 0 Å². The highest BCUT2D eigenvalue weighted by Crippen LogP contribution is 2.32. The topological polar surface area (TPSA) is 105 Å². The lowest BCUT2D eigenvalue weighted by atomic mass is 10.0. The van der Waals surface area contributed by atoms with Crippen LogP contribution in [0.2, 0.25) is 0 Å². The van der Waals surface area contributed by atoms with Gasteiger partial charge >= 0.3 is 0 Å². The summed E-state index contributed by atoms with van der Waals surface area (Å²) in [5.41, 5.74) is 1.87. The molecule has 208 valence electrons. The quantitative estimate of drug-likeness (QED) is 0.333. The number of hydrogen-bond donors (Lipinski definition) is 1. The molecule has 0 saturated heterocycles. The van der Waals surface area contributed by atoms with Crippen molar-refractivity contribution >= 4 is 43.5 Å². The van der Waals surface area contributed by atoms with Crippen LogP contribution in [0.1, 0.15) is 11.1 Å². The van der Waals surface area contributed by atoms with Gasteiger partial charge in [0.15, 0.2) is 11.5 Å². The zero-order valence-corrected chi connectivity index (χ0v) is 24.7. The second kappa shape index (κ2) is 13.5. The van der Waals surface area contributed by atoms with Gasteiger partial charge in [-0.2, -0.15) is 0 Å². The maximum absolute atomic E-state index is 13.9. The molecule has 3 aromatic carbocycles. The van der Waals surface area contributed by atoms with Gasteiger partial charge in [-0.15, -0.1) is 0 Å². The van der Waals surface area contributed by atoms with Crippen LogP contribution < -0.4 is 19.1 Å². The summed E-state index contributed by atoms with van der Waals surface area (Å²) in [5, 5.41) is 2.66. The maximum atomic E-state index is 13.9. The summed E-state index contributed by atoms with van der Waals surface area (Å²) >= 11 is 3.41. The Morgan fingerprint density at radius 1 is 0.923 bits per heavy atom. The molecule has 3 aromatic rings. The van der Waals surface area contributed by atoms with Crippen LogP contribution >= 0.6 is 15.9 Å². The van der Waals surface area contributed by atoms with Gasteiger partial charge in [0.1, 0.15) is 12.6 Å². The zero-order valence-electron chi connectivity index (χ0n) is 22.3. The van der Waals surface area contributed by atoms with E-state index in [2.05, 4.69) is 21.2 Å². The molecular weight excluding hydrogens is 586 g/mol. The first-order chi connectivity index (χ1) is 18.6. The molecule has 0 aromatic heterocycles. The standard InChI is InChI=1S/C28H32BrN3O6S/c1-30-28(34)24(16-20-8-6-5-7-9-20)31(18-21-10-12-22(29)13-11-21)27(33)19-32(39(4,35)36)23-14-15-25(37-2)26(17-23)38-3/h5-15,17,24H,16,18-19H2,1-4H3,(H,30,34)/t24-/m0/s1. The number of amides is 2. The highest BCUT2D eigenvalue weighted by Gasteiger charge is 2.32. The van der Waals surface area contributed by atoms with Crippen LogP contribution in [0.5, 0.6) is 11.5 Å². The SMILES string of the molecule is CNC(=O)[C@H](Cc1ccccc1)N(Cc1ccc(Br)cc1)C(=O)CN(c1ccc(OC)c(OC)c1)S(C)(=O)=O. The number of benzene rings is 3. The van der Waals surface area contributed by atoms with E-state index < -0.39 is 28.5 Å². The van der Waals surface area contributed by atoms with Gasteiger partial charge in [-0.05, 0) is 35.4 Å². The Balaban J connectivity index is 2.04. The molecule has 11 heteroatoms. The first kappa shape index (κ1) is 30.0. The summed E-state index contributed by atoms with van der Waals surface area (Å²) in [6, 6.07) is 20.4. The largest absolute Gasteiger partial charge is 0.493 e. The van der Waals surface area contributed by atoms with Crippen LogP contribution in [-0.2, 0) is 32.6 Å². The molecule has 3 rings (SSSR count). The minimum absolute atomic E-state index is 0.0978. The number of rotatable bonds is 12. The summed E-state index contributed by atoms with van der Waals surface area (Å²) in [4.78, 5) is 28.5. The highest BCUT2D eigenvalue weighted by molar-refractivity contribution is 9.10. The van der Waals surface area contributed by atoms with Crippen molar-refractivity contribution in [3.8, 4) is 11.5 Å². The van der Waals surface area contributed by atoms with Crippen LogP contribution in [0.4, 0.5) is 5.69 Å². The smallest absolute Gasteiger partial charge is 0.244 e. The van der Waals surface area contributed by atoms with Crippen LogP contribution in [0.25, 0.3) is 0 Å². The van der Waals surface area contributed by atoms with E-state index >= 15 is 0 Å². The van der Waals surface area contributed by atoms with Crippen LogP contribution in [0.15, 0.2) is 77.3 Å². The molecule has 0 fully saturated rings. The minimum Gasteiger partial charge on any atom is -0.493 e. The number of nitrogens with zero attached hydrogens (tertiary/aromatic N) is 2. The minimum atomic E-state index is -3.90. The molecule has 1 atom stereocenters. The molecule has 0 saturated carbocycles.